The lowest BCUT2D eigenvalue weighted by molar-refractivity contribution is 0.122. The van der Waals surface area contributed by atoms with Gasteiger partial charge in [0.05, 0.1) is 13.2 Å². The molecule has 3 rings (SSSR count). The number of amides is 2. The van der Waals surface area contributed by atoms with Gasteiger partial charge in [-0.3, -0.25) is 0 Å². The standard InChI is InChI=1S/C15H21N3O2/c19-15(16-12-2-1-3-12)17-13-4-6-14(7-5-13)18-8-10-20-11-9-18/h4-7,12H,1-3,8-11H2,(H2,16,17,19). The second-order valence-corrected chi connectivity index (χ2v) is 5.37. The van der Waals surface area contributed by atoms with Crippen molar-refractivity contribution in [1.82, 2.24) is 5.32 Å². The Morgan fingerprint density at radius 2 is 1.85 bits per heavy atom. The molecule has 0 radical (unpaired) electrons. The van der Waals surface area contributed by atoms with Gasteiger partial charge in [0.2, 0.25) is 0 Å². The number of benzene rings is 1. The average molecular weight is 275 g/mol. The van der Waals surface area contributed by atoms with Gasteiger partial charge in [0, 0.05) is 30.5 Å². The Hall–Kier alpha value is -1.75. The van der Waals surface area contributed by atoms with Gasteiger partial charge in [-0.15, -0.1) is 0 Å². The number of rotatable bonds is 3. The Morgan fingerprint density at radius 3 is 2.45 bits per heavy atom. The third kappa shape index (κ3) is 3.22. The van der Waals surface area contributed by atoms with Crippen LogP contribution in [0, 0.1) is 0 Å². The lowest BCUT2D eigenvalue weighted by atomic mass is 9.93. The van der Waals surface area contributed by atoms with Crippen LogP contribution in [0.15, 0.2) is 24.3 Å². The molecule has 0 unspecified atom stereocenters. The summed E-state index contributed by atoms with van der Waals surface area (Å²) in [5, 5.41) is 5.84. The summed E-state index contributed by atoms with van der Waals surface area (Å²) in [7, 11) is 0. The molecule has 1 aliphatic carbocycles. The molecule has 2 aliphatic rings. The van der Waals surface area contributed by atoms with E-state index in [4.69, 9.17) is 4.74 Å². The molecule has 5 nitrogen and oxygen atoms in total. The highest BCUT2D eigenvalue weighted by molar-refractivity contribution is 5.89. The molecular weight excluding hydrogens is 254 g/mol. The molecule has 5 heteroatoms. The first-order chi connectivity index (χ1) is 9.81. The number of hydrogen-bond acceptors (Lipinski definition) is 3. The normalized spacial score (nSPS) is 19.3. The van der Waals surface area contributed by atoms with Gasteiger partial charge in [-0.05, 0) is 43.5 Å². The molecule has 1 aromatic carbocycles. The first-order valence-electron chi connectivity index (χ1n) is 7.31. The minimum absolute atomic E-state index is 0.103. The summed E-state index contributed by atoms with van der Waals surface area (Å²) >= 11 is 0. The van der Waals surface area contributed by atoms with Gasteiger partial charge in [-0.25, -0.2) is 4.79 Å². The van der Waals surface area contributed by atoms with E-state index in [9.17, 15) is 4.79 Å². The third-order valence-electron chi connectivity index (χ3n) is 3.94. The number of morpholine rings is 1. The van der Waals surface area contributed by atoms with Gasteiger partial charge >= 0.3 is 6.03 Å². The Balaban J connectivity index is 1.53. The van der Waals surface area contributed by atoms with Crippen molar-refractivity contribution in [2.24, 2.45) is 0 Å². The molecule has 1 heterocycles. The van der Waals surface area contributed by atoms with Crippen LogP contribution in [-0.2, 0) is 4.74 Å². The minimum atomic E-state index is -0.103. The summed E-state index contributed by atoms with van der Waals surface area (Å²) in [6, 6.07) is 8.25. The predicted molar refractivity (Wildman–Crippen MR) is 79.3 cm³/mol. The number of nitrogens with zero attached hydrogens (tertiary/aromatic N) is 1. The molecule has 0 spiro atoms. The van der Waals surface area contributed by atoms with Crippen LogP contribution >= 0.6 is 0 Å². The number of ether oxygens (including phenoxy) is 1. The van der Waals surface area contributed by atoms with Crippen LogP contribution < -0.4 is 15.5 Å². The summed E-state index contributed by atoms with van der Waals surface area (Å²) in [4.78, 5) is 14.0. The van der Waals surface area contributed by atoms with Gasteiger partial charge in [0.1, 0.15) is 0 Å². The van der Waals surface area contributed by atoms with Crippen molar-refractivity contribution in [3.05, 3.63) is 24.3 Å². The molecule has 1 aliphatic heterocycles. The molecule has 20 heavy (non-hydrogen) atoms. The summed E-state index contributed by atoms with van der Waals surface area (Å²) < 4.78 is 5.34. The second-order valence-electron chi connectivity index (χ2n) is 5.37. The lowest BCUT2D eigenvalue weighted by Gasteiger charge is -2.29. The van der Waals surface area contributed by atoms with Crippen LogP contribution in [0.4, 0.5) is 16.2 Å². The van der Waals surface area contributed by atoms with Crippen LogP contribution in [0.3, 0.4) is 0 Å². The maximum Gasteiger partial charge on any atom is 0.319 e. The molecule has 0 aromatic heterocycles. The number of carbonyl (C=O) groups is 1. The molecule has 1 saturated heterocycles. The number of hydrogen-bond donors (Lipinski definition) is 2. The smallest absolute Gasteiger partial charge is 0.319 e. The molecule has 2 fully saturated rings. The zero-order chi connectivity index (χ0) is 13.8. The molecule has 2 amide bonds. The van der Waals surface area contributed by atoms with E-state index in [2.05, 4.69) is 15.5 Å². The molecule has 0 atom stereocenters. The van der Waals surface area contributed by atoms with Crippen molar-refractivity contribution >= 4 is 17.4 Å². The zero-order valence-electron chi connectivity index (χ0n) is 11.6. The molecule has 108 valence electrons. The molecule has 0 bridgehead atoms. The Kier molecular flexibility index (Phi) is 4.06. The number of urea groups is 1. The number of anilines is 2. The van der Waals surface area contributed by atoms with E-state index >= 15 is 0 Å². The Morgan fingerprint density at radius 1 is 1.15 bits per heavy atom. The highest BCUT2D eigenvalue weighted by atomic mass is 16.5. The van der Waals surface area contributed by atoms with Crippen LogP contribution in [0.25, 0.3) is 0 Å². The Bertz CT molecular complexity index is 451. The van der Waals surface area contributed by atoms with E-state index in [1.807, 2.05) is 24.3 Å². The van der Waals surface area contributed by atoms with E-state index in [0.29, 0.717) is 6.04 Å². The lowest BCUT2D eigenvalue weighted by Crippen LogP contribution is -2.41. The highest BCUT2D eigenvalue weighted by Gasteiger charge is 2.19. The van der Waals surface area contributed by atoms with Gasteiger partial charge < -0.3 is 20.3 Å². The SMILES string of the molecule is O=C(Nc1ccc(N2CCOCC2)cc1)NC1CCC1. The summed E-state index contributed by atoms with van der Waals surface area (Å²) in [5.74, 6) is 0. The maximum atomic E-state index is 11.8. The first-order valence-corrected chi connectivity index (χ1v) is 7.31. The Labute approximate surface area is 119 Å². The monoisotopic (exact) mass is 275 g/mol. The van der Waals surface area contributed by atoms with E-state index in [0.717, 1.165) is 44.8 Å². The fourth-order valence-electron chi connectivity index (χ4n) is 2.48. The molecule has 1 aromatic rings. The van der Waals surface area contributed by atoms with E-state index in [1.54, 1.807) is 0 Å². The van der Waals surface area contributed by atoms with Gasteiger partial charge in [0.15, 0.2) is 0 Å². The van der Waals surface area contributed by atoms with Crippen LogP contribution in [0.1, 0.15) is 19.3 Å². The first kappa shape index (κ1) is 13.2. The molecule has 2 N–H and O–H groups in total. The van der Waals surface area contributed by atoms with E-state index in [-0.39, 0.29) is 6.03 Å². The maximum absolute atomic E-state index is 11.8. The fourth-order valence-corrected chi connectivity index (χ4v) is 2.48. The van der Waals surface area contributed by atoms with Crippen LogP contribution in [-0.4, -0.2) is 38.4 Å². The predicted octanol–water partition coefficient (Wildman–Crippen LogP) is 2.20. The topological polar surface area (TPSA) is 53.6 Å². The number of nitrogens with one attached hydrogen (secondary N) is 2. The van der Waals surface area contributed by atoms with Crippen molar-refractivity contribution in [2.75, 3.05) is 36.5 Å². The second kappa shape index (κ2) is 6.13. The van der Waals surface area contributed by atoms with Gasteiger partial charge in [-0.1, -0.05) is 0 Å². The molecule has 1 saturated carbocycles. The average Bonchev–Trinajstić information content (AvgIpc) is 2.45. The third-order valence-corrected chi connectivity index (χ3v) is 3.94. The van der Waals surface area contributed by atoms with E-state index < -0.39 is 0 Å². The van der Waals surface area contributed by atoms with Crippen molar-refractivity contribution < 1.29 is 9.53 Å². The van der Waals surface area contributed by atoms with E-state index in [1.165, 1.54) is 12.1 Å². The van der Waals surface area contributed by atoms with Crippen molar-refractivity contribution in [1.29, 1.82) is 0 Å². The minimum Gasteiger partial charge on any atom is -0.378 e. The van der Waals surface area contributed by atoms with Gasteiger partial charge in [-0.2, -0.15) is 0 Å². The van der Waals surface area contributed by atoms with Crippen LogP contribution in [0.5, 0.6) is 0 Å². The quantitative estimate of drug-likeness (QED) is 0.889. The largest absolute Gasteiger partial charge is 0.378 e. The van der Waals surface area contributed by atoms with Crippen molar-refractivity contribution in [3.8, 4) is 0 Å². The zero-order valence-corrected chi connectivity index (χ0v) is 11.6. The highest BCUT2D eigenvalue weighted by Crippen LogP contribution is 2.20. The van der Waals surface area contributed by atoms with Gasteiger partial charge in [0.25, 0.3) is 0 Å². The summed E-state index contributed by atoms with van der Waals surface area (Å²) in [5.41, 5.74) is 2.01. The van der Waals surface area contributed by atoms with Crippen molar-refractivity contribution in [2.45, 2.75) is 25.3 Å². The van der Waals surface area contributed by atoms with Crippen molar-refractivity contribution in [3.63, 3.8) is 0 Å². The summed E-state index contributed by atoms with van der Waals surface area (Å²) in [6.07, 6.45) is 3.42. The molecular formula is C15H21N3O2. The number of carbonyl (C=O) groups excluding carboxylic acids is 1. The summed E-state index contributed by atoms with van der Waals surface area (Å²) in [6.45, 7) is 3.41. The fraction of sp³-hybridized carbons (Fsp3) is 0.533. The van der Waals surface area contributed by atoms with Crippen LogP contribution in [0.2, 0.25) is 0 Å².